The molecule has 148 valence electrons. The van der Waals surface area contributed by atoms with Crippen molar-refractivity contribution in [3.63, 3.8) is 0 Å². The molecule has 0 spiro atoms. The lowest BCUT2D eigenvalue weighted by Crippen LogP contribution is -2.54. The number of barbiturate groups is 1. The van der Waals surface area contributed by atoms with E-state index in [0.29, 0.717) is 16.1 Å². The lowest BCUT2D eigenvalue weighted by molar-refractivity contribution is -0.139. The Bertz CT molecular complexity index is 1060. The van der Waals surface area contributed by atoms with Crippen LogP contribution in [0.5, 0.6) is 5.75 Å². The van der Waals surface area contributed by atoms with Crippen LogP contribution in [0.4, 0.5) is 10.5 Å². The Morgan fingerprint density at radius 3 is 2.62 bits per heavy atom. The van der Waals surface area contributed by atoms with Crippen LogP contribution in [0.25, 0.3) is 6.08 Å². The van der Waals surface area contributed by atoms with Gasteiger partial charge >= 0.3 is 12.0 Å². The van der Waals surface area contributed by atoms with Crippen molar-refractivity contribution >= 4 is 47.2 Å². The largest absolute Gasteiger partial charge is 0.481 e. The van der Waals surface area contributed by atoms with Crippen molar-refractivity contribution < 1.29 is 29.0 Å². The van der Waals surface area contributed by atoms with Crippen molar-refractivity contribution in [2.45, 2.75) is 6.92 Å². The Morgan fingerprint density at radius 2 is 1.90 bits per heavy atom. The molecular weight excluding hydrogens is 400 g/mol. The first-order chi connectivity index (χ1) is 13.8. The molecule has 1 fully saturated rings. The number of benzene rings is 2. The summed E-state index contributed by atoms with van der Waals surface area (Å²) in [5, 5.41) is 11.3. The number of para-hydroxylation sites is 1. The van der Waals surface area contributed by atoms with Gasteiger partial charge in [0, 0.05) is 10.6 Å². The lowest BCUT2D eigenvalue weighted by atomic mass is 10.1. The molecule has 2 N–H and O–H groups in total. The minimum atomic E-state index is -1.17. The summed E-state index contributed by atoms with van der Waals surface area (Å²) in [5.74, 6) is -2.71. The van der Waals surface area contributed by atoms with Crippen LogP contribution >= 0.6 is 11.6 Å². The van der Waals surface area contributed by atoms with Crippen LogP contribution in [0.15, 0.2) is 48.0 Å². The molecule has 29 heavy (non-hydrogen) atoms. The number of carbonyl (C=O) groups excluding carboxylic acids is 3. The van der Waals surface area contributed by atoms with Crippen molar-refractivity contribution in [2.75, 3.05) is 11.5 Å². The number of carboxylic acids is 1. The number of imide groups is 2. The summed E-state index contributed by atoms with van der Waals surface area (Å²) < 4.78 is 5.19. The zero-order valence-electron chi connectivity index (χ0n) is 15.1. The fourth-order valence-corrected chi connectivity index (χ4v) is 2.91. The van der Waals surface area contributed by atoms with E-state index < -0.39 is 30.4 Å². The molecule has 4 amide bonds. The van der Waals surface area contributed by atoms with E-state index in [0.717, 1.165) is 4.90 Å². The Morgan fingerprint density at radius 1 is 1.17 bits per heavy atom. The normalized spacial score (nSPS) is 15.4. The van der Waals surface area contributed by atoms with Gasteiger partial charge in [-0.3, -0.25) is 14.9 Å². The zero-order chi connectivity index (χ0) is 21.1. The van der Waals surface area contributed by atoms with Crippen LogP contribution < -0.4 is 15.0 Å². The van der Waals surface area contributed by atoms with Gasteiger partial charge in [-0.05, 0) is 36.8 Å². The third kappa shape index (κ3) is 4.12. The number of halogens is 1. The Hall–Kier alpha value is -3.65. The molecule has 1 aliphatic rings. The molecule has 0 radical (unpaired) electrons. The van der Waals surface area contributed by atoms with E-state index in [-0.39, 0.29) is 17.0 Å². The molecule has 1 saturated heterocycles. The zero-order valence-corrected chi connectivity index (χ0v) is 15.9. The number of rotatable bonds is 5. The fraction of sp³-hybridized carbons (Fsp3) is 0.100. The fourth-order valence-electron chi connectivity index (χ4n) is 2.74. The summed E-state index contributed by atoms with van der Waals surface area (Å²) in [6.45, 7) is 1.06. The molecule has 2 aromatic carbocycles. The number of anilines is 1. The van der Waals surface area contributed by atoms with E-state index in [1.165, 1.54) is 18.2 Å². The highest BCUT2D eigenvalue weighted by molar-refractivity contribution is 6.40. The van der Waals surface area contributed by atoms with Gasteiger partial charge in [-0.15, -0.1) is 0 Å². The number of hydrogen-bond acceptors (Lipinski definition) is 5. The molecule has 0 saturated carbocycles. The van der Waals surface area contributed by atoms with E-state index in [9.17, 15) is 19.2 Å². The van der Waals surface area contributed by atoms with Gasteiger partial charge in [-0.1, -0.05) is 35.9 Å². The van der Waals surface area contributed by atoms with Crippen LogP contribution in [0, 0.1) is 6.92 Å². The molecule has 0 aromatic heterocycles. The number of nitrogens with one attached hydrogen (secondary N) is 1. The van der Waals surface area contributed by atoms with Crippen LogP contribution in [0.1, 0.15) is 11.1 Å². The first-order valence-electron chi connectivity index (χ1n) is 8.39. The van der Waals surface area contributed by atoms with Crippen LogP contribution in [-0.2, 0) is 14.4 Å². The second-order valence-corrected chi connectivity index (χ2v) is 6.47. The molecule has 0 bridgehead atoms. The van der Waals surface area contributed by atoms with Gasteiger partial charge < -0.3 is 9.84 Å². The molecule has 1 heterocycles. The maximum absolute atomic E-state index is 13.0. The highest BCUT2D eigenvalue weighted by Gasteiger charge is 2.37. The smallest absolute Gasteiger partial charge is 0.341 e. The van der Waals surface area contributed by atoms with Gasteiger partial charge in [-0.2, -0.15) is 0 Å². The summed E-state index contributed by atoms with van der Waals surface area (Å²) in [6, 6.07) is 10.2. The number of nitrogens with zero attached hydrogens (tertiary/aromatic N) is 1. The highest BCUT2D eigenvalue weighted by atomic mass is 35.5. The first-order valence-corrected chi connectivity index (χ1v) is 8.77. The number of aliphatic carboxylic acids is 1. The maximum atomic E-state index is 13.0. The molecule has 3 rings (SSSR count). The van der Waals surface area contributed by atoms with Crippen molar-refractivity contribution in [2.24, 2.45) is 0 Å². The van der Waals surface area contributed by atoms with Crippen molar-refractivity contribution in [1.29, 1.82) is 0 Å². The number of urea groups is 1. The number of ether oxygens (including phenoxy) is 1. The summed E-state index contributed by atoms with van der Waals surface area (Å²) >= 11 is 6.09. The van der Waals surface area contributed by atoms with Crippen LogP contribution in [0.3, 0.4) is 0 Å². The molecular formula is C20H15ClN2O6. The Balaban J connectivity index is 2.03. The van der Waals surface area contributed by atoms with Gasteiger partial charge in [-0.25, -0.2) is 14.5 Å². The molecule has 0 atom stereocenters. The average molecular weight is 415 g/mol. The quantitative estimate of drug-likeness (QED) is 0.574. The van der Waals surface area contributed by atoms with E-state index in [1.807, 2.05) is 0 Å². The van der Waals surface area contributed by atoms with Crippen molar-refractivity contribution in [1.82, 2.24) is 5.32 Å². The van der Waals surface area contributed by atoms with E-state index in [4.69, 9.17) is 21.4 Å². The summed E-state index contributed by atoms with van der Waals surface area (Å²) in [7, 11) is 0. The summed E-state index contributed by atoms with van der Waals surface area (Å²) in [6.07, 6.45) is 1.24. The monoisotopic (exact) mass is 414 g/mol. The molecule has 0 unspecified atom stereocenters. The Kier molecular flexibility index (Phi) is 5.65. The lowest BCUT2D eigenvalue weighted by Gasteiger charge is -2.27. The van der Waals surface area contributed by atoms with Gasteiger partial charge in [0.2, 0.25) is 0 Å². The van der Waals surface area contributed by atoms with Crippen LogP contribution in [0.2, 0.25) is 5.02 Å². The predicted molar refractivity (Wildman–Crippen MR) is 105 cm³/mol. The average Bonchev–Trinajstić information content (AvgIpc) is 2.67. The Labute approximate surface area is 170 Å². The molecule has 9 heteroatoms. The number of amides is 4. The molecule has 0 aliphatic carbocycles. The van der Waals surface area contributed by atoms with Crippen LogP contribution in [-0.4, -0.2) is 35.5 Å². The maximum Gasteiger partial charge on any atom is 0.341 e. The first kappa shape index (κ1) is 20.1. The van der Waals surface area contributed by atoms with Crippen molar-refractivity contribution in [3.8, 4) is 5.75 Å². The number of hydrogen-bond donors (Lipinski definition) is 2. The molecule has 2 aromatic rings. The van der Waals surface area contributed by atoms with Gasteiger partial charge in [0.15, 0.2) is 6.61 Å². The SMILES string of the molecule is Cc1c(Cl)cccc1N1C(=O)NC(=O)/C(=C/c2ccccc2OCC(=O)O)C1=O. The summed E-state index contributed by atoms with van der Waals surface area (Å²) in [5.41, 5.74) is 0.741. The molecule has 8 nitrogen and oxygen atoms in total. The van der Waals surface area contributed by atoms with E-state index >= 15 is 0 Å². The summed E-state index contributed by atoms with van der Waals surface area (Å²) in [4.78, 5) is 49.2. The second kappa shape index (κ2) is 8.15. The van der Waals surface area contributed by atoms with E-state index in [2.05, 4.69) is 5.32 Å². The van der Waals surface area contributed by atoms with Gasteiger partial charge in [0.25, 0.3) is 11.8 Å². The highest BCUT2D eigenvalue weighted by Crippen LogP contribution is 2.30. The third-order valence-corrected chi connectivity index (χ3v) is 4.56. The van der Waals surface area contributed by atoms with E-state index in [1.54, 1.807) is 37.3 Å². The predicted octanol–water partition coefficient (Wildman–Crippen LogP) is 2.78. The second-order valence-electron chi connectivity index (χ2n) is 6.06. The number of carboxylic acid groups (broad SMARTS) is 1. The third-order valence-electron chi connectivity index (χ3n) is 4.15. The number of carbonyl (C=O) groups is 4. The minimum absolute atomic E-state index is 0.172. The standard InChI is InChI=1S/C20H15ClN2O6/c1-11-14(21)6-4-7-15(11)23-19(27)13(18(26)22-20(23)28)9-12-5-2-3-8-16(12)29-10-17(24)25/h2-9H,10H2,1H3,(H,24,25)(H,22,26,28)/b13-9-. The van der Waals surface area contributed by atoms with Gasteiger partial charge in [0.05, 0.1) is 5.69 Å². The van der Waals surface area contributed by atoms with Gasteiger partial charge in [0.1, 0.15) is 11.3 Å². The molecule has 1 aliphatic heterocycles. The minimum Gasteiger partial charge on any atom is -0.481 e. The topological polar surface area (TPSA) is 113 Å². The van der Waals surface area contributed by atoms with Crippen molar-refractivity contribution in [3.05, 3.63) is 64.2 Å².